The van der Waals surface area contributed by atoms with E-state index in [9.17, 15) is 13.2 Å². The number of aryl methyl sites for hydroxylation is 2. The first-order valence-corrected chi connectivity index (χ1v) is 6.60. The zero-order valence-corrected chi connectivity index (χ0v) is 11.4. The summed E-state index contributed by atoms with van der Waals surface area (Å²) in [5.74, 6) is 0. The van der Waals surface area contributed by atoms with Gasteiger partial charge < -0.3 is 5.73 Å². The van der Waals surface area contributed by atoms with E-state index in [2.05, 4.69) is 0 Å². The molecule has 1 unspecified atom stereocenters. The van der Waals surface area contributed by atoms with Crippen molar-refractivity contribution in [1.29, 1.82) is 0 Å². The molecular formula is C14H14F3NS. The average Bonchev–Trinajstić information content (AvgIpc) is 2.68. The fourth-order valence-electron chi connectivity index (χ4n) is 1.80. The lowest BCUT2D eigenvalue weighted by Gasteiger charge is -2.12. The first-order chi connectivity index (χ1) is 8.79. The van der Waals surface area contributed by atoms with Crippen LogP contribution in [-0.4, -0.2) is 0 Å². The first kappa shape index (κ1) is 14.1. The van der Waals surface area contributed by atoms with Crippen LogP contribution in [0.5, 0.6) is 0 Å². The summed E-state index contributed by atoms with van der Waals surface area (Å²) < 4.78 is 37.4. The zero-order valence-electron chi connectivity index (χ0n) is 10.6. The van der Waals surface area contributed by atoms with Crippen molar-refractivity contribution < 1.29 is 13.2 Å². The van der Waals surface area contributed by atoms with Crippen molar-refractivity contribution in [1.82, 2.24) is 0 Å². The Kier molecular flexibility index (Phi) is 3.69. The van der Waals surface area contributed by atoms with Crippen molar-refractivity contribution in [2.24, 2.45) is 5.73 Å². The molecule has 2 N–H and O–H groups in total. The van der Waals surface area contributed by atoms with Crippen molar-refractivity contribution >= 4 is 11.3 Å². The molecule has 0 amide bonds. The van der Waals surface area contributed by atoms with Gasteiger partial charge in [-0.2, -0.15) is 13.2 Å². The van der Waals surface area contributed by atoms with Crippen LogP contribution in [0.2, 0.25) is 0 Å². The highest BCUT2D eigenvalue weighted by Gasteiger charge is 2.30. The van der Waals surface area contributed by atoms with Crippen molar-refractivity contribution in [3.05, 3.63) is 56.8 Å². The topological polar surface area (TPSA) is 26.0 Å². The van der Waals surface area contributed by atoms with Crippen LogP contribution in [-0.2, 0) is 6.18 Å². The number of hydrogen-bond acceptors (Lipinski definition) is 2. The van der Waals surface area contributed by atoms with Gasteiger partial charge in [0, 0.05) is 9.75 Å². The number of halogens is 3. The highest BCUT2D eigenvalue weighted by Crippen LogP contribution is 2.32. The number of rotatable bonds is 2. The van der Waals surface area contributed by atoms with E-state index in [0.29, 0.717) is 5.56 Å². The predicted octanol–water partition coefficient (Wildman–Crippen LogP) is 4.43. The molecule has 0 saturated heterocycles. The summed E-state index contributed by atoms with van der Waals surface area (Å²) in [4.78, 5) is 2.15. The minimum absolute atomic E-state index is 0.375. The molecule has 0 saturated carbocycles. The van der Waals surface area contributed by atoms with Gasteiger partial charge in [0.15, 0.2) is 0 Å². The second-order valence-electron chi connectivity index (χ2n) is 4.49. The Morgan fingerprint density at radius 2 is 1.68 bits per heavy atom. The van der Waals surface area contributed by atoms with E-state index in [1.54, 1.807) is 11.3 Å². The SMILES string of the molecule is Cc1cc(C(N)c2ccc(C(F)(F)F)cc2)sc1C. The lowest BCUT2D eigenvalue weighted by atomic mass is 10.0. The zero-order chi connectivity index (χ0) is 14.2. The van der Waals surface area contributed by atoms with E-state index in [0.717, 1.165) is 22.6 Å². The number of thiophene rings is 1. The summed E-state index contributed by atoms with van der Waals surface area (Å²) in [6.45, 7) is 4.00. The fraction of sp³-hybridized carbons (Fsp3) is 0.286. The van der Waals surface area contributed by atoms with E-state index in [1.807, 2.05) is 19.9 Å². The minimum atomic E-state index is -4.31. The van der Waals surface area contributed by atoms with Crippen LogP contribution in [0.25, 0.3) is 0 Å². The Balaban J connectivity index is 2.27. The lowest BCUT2D eigenvalue weighted by molar-refractivity contribution is -0.137. The second kappa shape index (κ2) is 4.98. The molecule has 102 valence electrons. The number of benzene rings is 1. The average molecular weight is 285 g/mol. The van der Waals surface area contributed by atoms with Gasteiger partial charge in [-0.1, -0.05) is 12.1 Å². The molecule has 0 bridgehead atoms. The quantitative estimate of drug-likeness (QED) is 0.867. The highest BCUT2D eigenvalue weighted by atomic mass is 32.1. The largest absolute Gasteiger partial charge is 0.416 e. The Labute approximate surface area is 113 Å². The molecule has 5 heteroatoms. The van der Waals surface area contributed by atoms with E-state index in [1.165, 1.54) is 17.0 Å². The fourth-order valence-corrected chi connectivity index (χ4v) is 2.87. The molecule has 2 rings (SSSR count). The third kappa shape index (κ3) is 2.98. The summed E-state index contributed by atoms with van der Waals surface area (Å²) in [6.07, 6.45) is -4.31. The Morgan fingerprint density at radius 1 is 1.11 bits per heavy atom. The van der Waals surface area contributed by atoms with Gasteiger partial charge in [0.05, 0.1) is 11.6 Å². The van der Waals surface area contributed by atoms with Crippen LogP contribution in [0.15, 0.2) is 30.3 Å². The molecule has 1 aromatic carbocycles. The monoisotopic (exact) mass is 285 g/mol. The maximum absolute atomic E-state index is 12.5. The van der Waals surface area contributed by atoms with Gasteiger partial charge in [-0.3, -0.25) is 0 Å². The van der Waals surface area contributed by atoms with Gasteiger partial charge in [0.2, 0.25) is 0 Å². The normalized spacial score (nSPS) is 13.6. The molecule has 0 radical (unpaired) electrons. The number of alkyl halides is 3. The third-order valence-corrected chi connectivity index (χ3v) is 4.32. The molecule has 19 heavy (non-hydrogen) atoms. The summed E-state index contributed by atoms with van der Waals surface area (Å²) in [5, 5.41) is 0. The van der Waals surface area contributed by atoms with Crippen LogP contribution in [0.1, 0.15) is 32.5 Å². The molecule has 1 heterocycles. The molecular weight excluding hydrogens is 271 g/mol. The van der Waals surface area contributed by atoms with Gasteiger partial charge in [-0.25, -0.2) is 0 Å². The van der Waals surface area contributed by atoms with Crippen LogP contribution < -0.4 is 5.73 Å². The van der Waals surface area contributed by atoms with Gasteiger partial charge in [0.25, 0.3) is 0 Å². The van der Waals surface area contributed by atoms with Gasteiger partial charge in [-0.15, -0.1) is 11.3 Å². The summed E-state index contributed by atoms with van der Waals surface area (Å²) >= 11 is 1.58. The second-order valence-corrected chi connectivity index (χ2v) is 5.77. The summed E-state index contributed by atoms with van der Waals surface area (Å²) in [6, 6.07) is 6.64. The molecule has 1 aromatic heterocycles. The molecule has 0 aliphatic rings. The van der Waals surface area contributed by atoms with Crippen molar-refractivity contribution in [2.75, 3.05) is 0 Å². The van der Waals surface area contributed by atoms with Gasteiger partial charge in [0.1, 0.15) is 0 Å². The molecule has 2 aromatic rings. The summed E-state index contributed by atoms with van der Waals surface area (Å²) in [5.41, 5.74) is 7.28. The van der Waals surface area contributed by atoms with Crippen LogP contribution in [0, 0.1) is 13.8 Å². The third-order valence-electron chi connectivity index (χ3n) is 3.09. The van der Waals surface area contributed by atoms with Gasteiger partial charge >= 0.3 is 6.18 Å². The van der Waals surface area contributed by atoms with E-state index >= 15 is 0 Å². The predicted molar refractivity (Wildman–Crippen MR) is 71.3 cm³/mol. The van der Waals surface area contributed by atoms with Crippen LogP contribution in [0.4, 0.5) is 13.2 Å². The summed E-state index contributed by atoms with van der Waals surface area (Å²) in [7, 11) is 0. The van der Waals surface area contributed by atoms with Gasteiger partial charge in [-0.05, 0) is 43.2 Å². The van der Waals surface area contributed by atoms with Crippen molar-refractivity contribution in [3.63, 3.8) is 0 Å². The first-order valence-electron chi connectivity index (χ1n) is 5.78. The Bertz CT molecular complexity index is 550. The smallest absolute Gasteiger partial charge is 0.320 e. The Hall–Kier alpha value is -1.33. The molecule has 0 aliphatic heterocycles. The minimum Gasteiger partial charge on any atom is -0.320 e. The van der Waals surface area contributed by atoms with E-state index in [-0.39, 0.29) is 6.04 Å². The van der Waals surface area contributed by atoms with Crippen molar-refractivity contribution in [2.45, 2.75) is 26.1 Å². The Morgan fingerprint density at radius 3 is 2.11 bits per heavy atom. The highest BCUT2D eigenvalue weighted by molar-refractivity contribution is 7.12. The maximum Gasteiger partial charge on any atom is 0.416 e. The standard InChI is InChI=1S/C14H14F3NS/c1-8-7-12(19-9(8)2)13(18)10-3-5-11(6-4-10)14(15,16)17/h3-7,13H,18H2,1-2H3. The maximum atomic E-state index is 12.5. The van der Waals surface area contributed by atoms with Crippen LogP contribution in [0.3, 0.4) is 0 Å². The molecule has 0 aliphatic carbocycles. The van der Waals surface area contributed by atoms with E-state index < -0.39 is 11.7 Å². The molecule has 0 fully saturated rings. The molecule has 0 spiro atoms. The molecule has 1 atom stereocenters. The van der Waals surface area contributed by atoms with Crippen molar-refractivity contribution in [3.8, 4) is 0 Å². The number of nitrogens with two attached hydrogens (primary N) is 1. The number of hydrogen-bond donors (Lipinski definition) is 1. The lowest BCUT2D eigenvalue weighted by Crippen LogP contribution is -2.11. The van der Waals surface area contributed by atoms with Crippen LogP contribution >= 0.6 is 11.3 Å². The van der Waals surface area contributed by atoms with E-state index in [4.69, 9.17) is 5.73 Å². The molecule has 1 nitrogen and oxygen atoms in total.